The first kappa shape index (κ1) is 11.2. The Morgan fingerprint density at radius 2 is 2.12 bits per heavy atom. The number of nitro benzene ring substituents is 1. The number of rotatable bonds is 4. The number of hydrogen-bond acceptors (Lipinski definition) is 6. The molecule has 0 spiro atoms. The van der Waals surface area contributed by atoms with Gasteiger partial charge in [-0.25, -0.2) is 0 Å². The molecule has 1 unspecified atom stereocenters. The molecule has 0 bridgehead atoms. The molecule has 0 aliphatic carbocycles. The summed E-state index contributed by atoms with van der Waals surface area (Å²) in [4.78, 5) is 20.6. The number of ether oxygens (including phenoxy) is 3. The lowest BCUT2D eigenvalue weighted by Crippen LogP contribution is -2.03. The Hall–Kier alpha value is -2.31. The van der Waals surface area contributed by atoms with Gasteiger partial charge in [0.05, 0.1) is 16.6 Å². The van der Waals surface area contributed by atoms with Crippen molar-refractivity contribution in [3.8, 4) is 11.5 Å². The molecule has 0 aromatic heterocycles. The minimum atomic E-state index is -0.720. The second-order valence-corrected chi connectivity index (χ2v) is 3.40. The number of carbonyl (C=O) groups excluding carboxylic acids is 1. The van der Waals surface area contributed by atoms with Gasteiger partial charge in [-0.1, -0.05) is 0 Å². The van der Waals surface area contributed by atoms with Crippen molar-refractivity contribution in [2.24, 2.45) is 0 Å². The lowest BCUT2D eigenvalue weighted by atomic mass is 10.1. The van der Waals surface area contributed by atoms with Crippen LogP contribution in [0.3, 0.4) is 0 Å². The summed E-state index contributed by atoms with van der Waals surface area (Å²) in [6.45, 7) is 1.82. The molecule has 0 amide bonds. The van der Waals surface area contributed by atoms with Crippen molar-refractivity contribution in [3.63, 3.8) is 0 Å². The van der Waals surface area contributed by atoms with Crippen molar-refractivity contribution in [2.45, 2.75) is 13.0 Å². The summed E-state index contributed by atoms with van der Waals surface area (Å²) in [5.74, 6) is 0.728. The average Bonchev–Trinajstić information content (AvgIpc) is 2.74. The topological polar surface area (TPSA) is 87.9 Å². The maximum Gasteiger partial charge on any atom is 0.293 e. The Bertz CT molecular complexity index is 472. The zero-order chi connectivity index (χ0) is 12.4. The first-order valence-corrected chi connectivity index (χ1v) is 4.80. The van der Waals surface area contributed by atoms with E-state index in [1.165, 1.54) is 12.1 Å². The van der Waals surface area contributed by atoms with E-state index in [9.17, 15) is 14.9 Å². The fraction of sp³-hybridized carbons (Fsp3) is 0.300. The SMILES string of the molecule is CC(OC=O)c1cc2c(cc1[N+](=O)[O-])OCO2. The number of benzene rings is 1. The van der Waals surface area contributed by atoms with E-state index in [1.54, 1.807) is 6.92 Å². The lowest BCUT2D eigenvalue weighted by Gasteiger charge is -2.10. The molecule has 1 aromatic carbocycles. The van der Waals surface area contributed by atoms with Gasteiger partial charge in [-0.15, -0.1) is 0 Å². The zero-order valence-electron chi connectivity index (χ0n) is 8.91. The van der Waals surface area contributed by atoms with Gasteiger partial charge in [-0.3, -0.25) is 14.9 Å². The van der Waals surface area contributed by atoms with Gasteiger partial charge in [0.25, 0.3) is 12.2 Å². The van der Waals surface area contributed by atoms with Crippen LogP contribution in [0.25, 0.3) is 0 Å². The first-order chi connectivity index (χ1) is 8.13. The van der Waals surface area contributed by atoms with Crippen molar-refractivity contribution < 1.29 is 23.9 Å². The van der Waals surface area contributed by atoms with Gasteiger partial charge in [-0.05, 0) is 13.0 Å². The highest BCUT2D eigenvalue weighted by molar-refractivity contribution is 5.56. The predicted molar refractivity (Wildman–Crippen MR) is 54.8 cm³/mol. The van der Waals surface area contributed by atoms with Crippen LogP contribution in [0.1, 0.15) is 18.6 Å². The molecular weight excluding hydrogens is 230 g/mol. The Balaban J connectivity index is 2.48. The monoisotopic (exact) mass is 239 g/mol. The van der Waals surface area contributed by atoms with E-state index in [-0.39, 0.29) is 24.5 Å². The van der Waals surface area contributed by atoms with E-state index in [0.717, 1.165) is 0 Å². The molecule has 2 rings (SSSR count). The highest BCUT2D eigenvalue weighted by atomic mass is 16.7. The molecule has 1 aliphatic rings. The Morgan fingerprint density at radius 1 is 1.47 bits per heavy atom. The summed E-state index contributed by atoms with van der Waals surface area (Å²) in [6, 6.07) is 2.72. The average molecular weight is 239 g/mol. The molecule has 1 atom stereocenters. The number of carbonyl (C=O) groups is 1. The first-order valence-electron chi connectivity index (χ1n) is 4.80. The van der Waals surface area contributed by atoms with E-state index in [2.05, 4.69) is 0 Å². The lowest BCUT2D eigenvalue weighted by molar-refractivity contribution is -0.386. The van der Waals surface area contributed by atoms with Gasteiger partial charge in [0.15, 0.2) is 11.5 Å². The maximum absolute atomic E-state index is 10.9. The molecule has 0 saturated carbocycles. The molecule has 0 saturated heterocycles. The van der Waals surface area contributed by atoms with Crippen LogP contribution in [0.4, 0.5) is 5.69 Å². The van der Waals surface area contributed by atoms with Crippen LogP contribution < -0.4 is 9.47 Å². The summed E-state index contributed by atoms with van der Waals surface area (Å²) in [6.07, 6.45) is -0.720. The van der Waals surface area contributed by atoms with Crippen LogP contribution in [0.15, 0.2) is 12.1 Å². The van der Waals surface area contributed by atoms with Crippen LogP contribution >= 0.6 is 0 Å². The van der Waals surface area contributed by atoms with Crippen LogP contribution in [-0.4, -0.2) is 18.2 Å². The Kier molecular flexibility index (Phi) is 2.82. The number of fused-ring (bicyclic) bond motifs is 1. The molecule has 7 nitrogen and oxygen atoms in total. The molecule has 1 aromatic rings. The smallest absolute Gasteiger partial charge is 0.293 e. The number of nitrogens with zero attached hydrogens (tertiary/aromatic N) is 1. The van der Waals surface area contributed by atoms with E-state index in [0.29, 0.717) is 11.5 Å². The van der Waals surface area contributed by atoms with Gasteiger partial charge < -0.3 is 14.2 Å². The van der Waals surface area contributed by atoms with E-state index in [4.69, 9.17) is 14.2 Å². The van der Waals surface area contributed by atoms with Crippen molar-refractivity contribution in [1.29, 1.82) is 0 Å². The third-order valence-electron chi connectivity index (χ3n) is 2.42. The second kappa shape index (κ2) is 4.28. The molecule has 90 valence electrons. The fourth-order valence-electron chi connectivity index (χ4n) is 1.59. The van der Waals surface area contributed by atoms with E-state index < -0.39 is 11.0 Å². The highest BCUT2D eigenvalue weighted by Crippen LogP contribution is 2.40. The Morgan fingerprint density at radius 3 is 2.71 bits per heavy atom. The minimum Gasteiger partial charge on any atom is -0.460 e. The molecule has 1 heterocycles. The van der Waals surface area contributed by atoms with Gasteiger partial charge in [0.1, 0.15) is 6.10 Å². The minimum absolute atomic E-state index is 0.0266. The van der Waals surface area contributed by atoms with Gasteiger partial charge in [0, 0.05) is 0 Å². The normalized spacial score (nSPS) is 14.2. The molecule has 0 N–H and O–H groups in total. The fourth-order valence-corrected chi connectivity index (χ4v) is 1.59. The van der Waals surface area contributed by atoms with Crippen molar-refractivity contribution >= 4 is 12.2 Å². The molecule has 17 heavy (non-hydrogen) atoms. The van der Waals surface area contributed by atoms with Gasteiger partial charge in [-0.2, -0.15) is 0 Å². The van der Waals surface area contributed by atoms with E-state index >= 15 is 0 Å². The third-order valence-corrected chi connectivity index (χ3v) is 2.42. The largest absolute Gasteiger partial charge is 0.460 e. The quantitative estimate of drug-likeness (QED) is 0.450. The third kappa shape index (κ3) is 1.99. The summed E-state index contributed by atoms with van der Waals surface area (Å²) < 4.78 is 14.9. The van der Waals surface area contributed by atoms with Crippen LogP contribution in [-0.2, 0) is 9.53 Å². The van der Waals surface area contributed by atoms with Crippen LogP contribution in [0.5, 0.6) is 11.5 Å². The predicted octanol–water partition coefficient (Wildman–Crippen LogP) is 1.56. The second-order valence-electron chi connectivity index (χ2n) is 3.40. The van der Waals surface area contributed by atoms with Crippen LogP contribution in [0, 0.1) is 10.1 Å². The number of nitro groups is 1. The molecule has 0 radical (unpaired) electrons. The number of hydrogen-bond donors (Lipinski definition) is 0. The van der Waals surface area contributed by atoms with E-state index in [1.807, 2.05) is 0 Å². The zero-order valence-corrected chi connectivity index (χ0v) is 8.91. The maximum atomic E-state index is 10.9. The highest BCUT2D eigenvalue weighted by Gasteiger charge is 2.26. The molecule has 1 aliphatic heterocycles. The van der Waals surface area contributed by atoms with Crippen molar-refractivity contribution in [3.05, 3.63) is 27.8 Å². The van der Waals surface area contributed by atoms with Crippen molar-refractivity contribution in [1.82, 2.24) is 0 Å². The summed E-state index contributed by atoms with van der Waals surface area (Å²) in [5, 5.41) is 10.9. The van der Waals surface area contributed by atoms with Crippen molar-refractivity contribution in [2.75, 3.05) is 6.79 Å². The molecule has 7 heteroatoms. The standard InChI is InChI=1S/C10H9NO6/c1-6(15-4-12)7-2-9-10(17-5-16-9)3-8(7)11(13)14/h2-4,6H,5H2,1H3. The summed E-state index contributed by atoms with van der Waals surface area (Å²) in [7, 11) is 0. The summed E-state index contributed by atoms with van der Waals surface area (Å²) in [5.41, 5.74) is 0.106. The summed E-state index contributed by atoms with van der Waals surface area (Å²) >= 11 is 0. The Labute approximate surface area is 96.0 Å². The van der Waals surface area contributed by atoms with Crippen LogP contribution in [0.2, 0.25) is 0 Å². The molecular formula is C10H9NO6. The molecule has 0 fully saturated rings. The van der Waals surface area contributed by atoms with Gasteiger partial charge in [0.2, 0.25) is 6.79 Å². The van der Waals surface area contributed by atoms with Gasteiger partial charge >= 0.3 is 0 Å².